The molecule has 1 fully saturated rings. The van der Waals surface area contributed by atoms with Crippen LogP contribution in [0.5, 0.6) is 0 Å². The van der Waals surface area contributed by atoms with Crippen molar-refractivity contribution < 1.29 is 9.90 Å². The Morgan fingerprint density at radius 1 is 1.24 bits per heavy atom. The Bertz CT molecular complexity index is 651. The van der Waals surface area contributed by atoms with Gasteiger partial charge in [0, 0.05) is 17.7 Å². The quantitative estimate of drug-likeness (QED) is 0.904. The topological polar surface area (TPSA) is 75.1 Å². The molecule has 0 amide bonds. The molecule has 2 aromatic rings. The van der Waals surface area contributed by atoms with Crippen molar-refractivity contribution in [2.75, 3.05) is 13.1 Å². The molecular formula is C16H17N3O2. The molecule has 108 valence electrons. The summed E-state index contributed by atoms with van der Waals surface area (Å²) >= 11 is 0. The van der Waals surface area contributed by atoms with Crippen LogP contribution in [0.1, 0.15) is 34.8 Å². The van der Waals surface area contributed by atoms with Crippen molar-refractivity contribution in [1.29, 1.82) is 0 Å². The van der Waals surface area contributed by atoms with Crippen LogP contribution in [0.15, 0.2) is 36.7 Å². The summed E-state index contributed by atoms with van der Waals surface area (Å²) in [6.45, 7) is 2.01. The number of benzene rings is 1. The van der Waals surface area contributed by atoms with Gasteiger partial charge >= 0.3 is 5.97 Å². The average Bonchev–Trinajstić information content (AvgIpc) is 2.56. The second-order valence-electron chi connectivity index (χ2n) is 5.24. The van der Waals surface area contributed by atoms with Crippen molar-refractivity contribution in [3.8, 4) is 11.3 Å². The standard InChI is InChI=1S/C16H17N3O2/c20-16(21)13-3-1-2-12(8-13)15-10-18-9-14(19-15)11-4-6-17-7-5-11/h1-3,8-11,17H,4-7H2,(H,20,21). The number of aromatic nitrogens is 2. The van der Waals surface area contributed by atoms with Crippen molar-refractivity contribution in [3.63, 3.8) is 0 Å². The number of carboxylic acid groups (broad SMARTS) is 1. The maximum Gasteiger partial charge on any atom is 0.335 e. The van der Waals surface area contributed by atoms with Crippen molar-refractivity contribution in [1.82, 2.24) is 15.3 Å². The predicted octanol–water partition coefficient (Wildman–Crippen LogP) is 2.31. The molecule has 3 rings (SSSR count). The lowest BCUT2D eigenvalue weighted by molar-refractivity contribution is 0.0697. The first-order chi connectivity index (χ1) is 10.2. The van der Waals surface area contributed by atoms with Crippen LogP contribution in [0.4, 0.5) is 0 Å². The van der Waals surface area contributed by atoms with E-state index in [1.807, 2.05) is 12.3 Å². The van der Waals surface area contributed by atoms with Crippen molar-refractivity contribution in [2.24, 2.45) is 0 Å². The molecule has 0 unspecified atom stereocenters. The van der Waals surface area contributed by atoms with Gasteiger partial charge < -0.3 is 10.4 Å². The van der Waals surface area contributed by atoms with Crippen LogP contribution in [-0.2, 0) is 0 Å². The van der Waals surface area contributed by atoms with E-state index in [0.29, 0.717) is 5.92 Å². The van der Waals surface area contributed by atoms with Gasteiger partial charge in [0.2, 0.25) is 0 Å². The van der Waals surface area contributed by atoms with Gasteiger partial charge in [0.05, 0.1) is 23.1 Å². The molecule has 0 radical (unpaired) electrons. The van der Waals surface area contributed by atoms with Crippen LogP contribution >= 0.6 is 0 Å². The number of carboxylic acids is 1. The Balaban J connectivity index is 1.92. The van der Waals surface area contributed by atoms with E-state index in [1.54, 1.807) is 24.4 Å². The Kier molecular flexibility index (Phi) is 3.92. The molecule has 1 saturated heterocycles. The molecule has 1 aromatic carbocycles. The first-order valence-corrected chi connectivity index (χ1v) is 7.10. The summed E-state index contributed by atoms with van der Waals surface area (Å²) in [4.78, 5) is 20.0. The van der Waals surface area contributed by atoms with Crippen molar-refractivity contribution in [2.45, 2.75) is 18.8 Å². The fourth-order valence-electron chi connectivity index (χ4n) is 2.65. The minimum absolute atomic E-state index is 0.265. The highest BCUT2D eigenvalue weighted by Crippen LogP contribution is 2.25. The number of rotatable bonds is 3. The maximum absolute atomic E-state index is 11.1. The van der Waals surface area contributed by atoms with Crippen LogP contribution in [0.25, 0.3) is 11.3 Å². The molecular weight excluding hydrogens is 266 g/mol. The fourth-order valence-corrected chi connectivity index (χ4v) is 2.65. The summed E-state index contributed by atoms with van der Waals surface area (Å²) in [5.74, 6) is -0.499. The third-order valence-corrected chi connectivity index (χ3v) is 3.82. The van der Waals surface area contributed by atoms with E-state index in [0.717, 1.165) is 42.9 Å². The summed E-state index contributed by atoms with van der Waals surface area (Å²) in [5, 5.41) is 12.4. The monoisotopic (exact) mass is 283 g/mol. The second kappa shape index (κ2) is 6.01. The van der Waals surface area contributed by atoms with Gasteiger partial charge in [-0.3, -0.25) is 4.98 Å². The summed E-state index contributed by atoms with van der Waals surface area (Å²) in [6.07, 6.45) is 5.63. The lowest BCUT2D eigenvalue weighted by Crippen LogP contribution is -2.27. The maximum atomic E-state index is 11.1. The Morgan fingerprint density at radius 3 is 2.81 bits per heavy atom. The predicted molar refractivity (Wildman–Crippen MR) is 79.3 cm³/mol. The van der Waals surface area contributed by atoms with Gasteiger partial charge in [-0.15, -0.1) is 0 Å². The third-order valence-electron chi connectivity index (χ3n) is 3.82. The molecule has 1 aliphatic rings. The molecule has 0 spiro atoms. The molecule has 21 heavy (non-hydrogen) atoms. The first-order valence-electron chi connectivity index (χ1n) is 7.10. The van der Waals surface area contributed by atoms with Crippen LogP contribution in [0.3, 0.4) is 0 Å². The summed E-state index contributed by atoms with van der Waals surface area (Å²) in [7, 11) is 0. The Labute approximate surface area is 123 Å². The van der Waals surface area contributed by atoms with E-state index in [2.05, 4.69) is 15.3 Å². The summed E-state index contributed by atoms with van der Waals surface area (Å²) in [6, 6.07) is 6.81. The normalized spacial score (nSPS) is 15.8. The molecule has 0 atom stereocenters. The zero-order valence-electron chi connectivity index (χ0n) is 11.6. The lowest BCUT2D eigenvalue weighted by atomic mass is 9.95. The summed E-state index contributed by atoms with van der Waals surface area (Å²) < 4.78 is 0. The van der Waals surface area contributed by atoms with Gasteiger partial charge in [0.15, 0.2) is 0 Å². The number of piperidine rings is 1. The molecule has 0 bridgehead atoms. The number of nitrogens with one attached hydrogen (secondary N) is 1. The molecule has 1 aliphatic heterocycles. The number of carbonyl (C=O) groups is 1. The molecule has 0 saturated carbocycles. The Morgan fingerprint density at radius 2 is 2.05 bits per heavy atom. The van der Waals surface area contributed by atoms with E-state index < -0.39 is 5.97 Å². The van der Waals surface area contributed by atoms with Gasteiger partial charge in [0.1, 0.15) is 0 Å². The molecule has 2 N–H and O–H groups in total. The molecule has 1 aromatic heterocycles. The van der Waals surface area contributed by atoms with Gasteiger partial charge in [-0.1, -0.05) is 12.1 Å². The number of aromatic carboxylic acids is 1. The minimum atomic E-state index is -0.931. The lowest BCUT2D eigenvalue weighted by Gasteiger charge is -2.22. The van der Waals surface area contributed by atoms with Crippen molar-refractivity contribution >= 4 is 5.97 Å². The van der Waals surface area contributed by atoms with Crippen LogP contribution < -0.4 is 5.32 Å². The highest BCUT2D eigenvalue weighted by molar-refractivity contribution is 5.89. The zero-order valence-corrected chi connectivity index (χ0v) is 11.6. The third kappa shape index (κ3) is 3.08. The number of hydrogen-bond acceptors (Lipinski definition) is 4. The van der Waals surface area contributed by atoms with Crippen molar-refractivity contribution in [3.05, 3.63) is 47.9 Å². The molecule has 5 heteroatoms. The van der Waals surface area contributed by atoms with Crippen LogP contribution in [0, 0.1) is 0 Å². The highest BCUT2D eigenvalue weighted by Gasteiger charge is 2.17. The molecule has 5 nitrogen and oxygen atoms in total. The van der Waals surface area contributed by atoms with Crippen LogP contribution in [0.2, 0.25) is 0 Å². The van der Waals surface area contributed by atoms with Gasteiger partial charge in [0.25, 0.3) is 0 Å². The van der Waals surface area contributed by atoms with E-state index in [9.17, 15) is 4.79 Å². The minimum Gasteiger partial charge on any atom is -0.478 e. The number of nitrogens with zero attached hydrogens (tertiary/aromatic N) is 2. The Hall–Kier alpha value is -2.27. The van der Waals surface area contributed by atoms with Gasteiger partial charge in [-0.25, -0.2) is 9.78 Å². The molecule has 2 heterocycles. The highest BCUT2D eigenvalue weighted by atomic mass is 16.4. The zero-order chi connectivity index (χ0) is 14.7. The van der Waals surface area contributed by atoms with Crippen LogP contribution in [-0.4, -0.2) is 34.1 Å². The van der Waals surface area contributed by atoms with E-state index in [1.165, 1.54) is 0 Å². The molecule has 0 aliphatic carbocycles. The largest absolute Gasteiger partial charge is 0.478 e. The first kappa shape index (κ1) is 13.7. The van der Waals surface area contributed by atoms with E-state index >= 15 is 0 Å². The van der Waals surface area contributed by atoms with E-state index in [-0.39, 0.29) is 5.56 Å². The van der Waals surface area contributed by atoms with Gasteiger partial charge in [-0.2, -0.15) is 0 Å². The smallest absolute Gasteiger partial charge is 0.335 e. The SMILES string of the molecule is O=C(O)c1cccc(-c2cncc(C3CCNCC3)n2)c1. The fraction of sp³-hybridized carbons (Fsp3) is 0.312. The van der Waals surface area contributed by atoms with E-state index in [4.69, 9.17) is 5.11 Å². The summed E-state index contributed by atoms with van der Waals surface area (Å²) in [5.41, 5.74) is 2.78. The second-order valence-corrected chi connectivity index (χ2v) is 5.24. The van der Waals surface area contributed by atoms with Gasteiger partial charge in [-0.05, 0) is 38.1 Å². The average molecular weight is 283 g/mol. The number of hydrogen-bond donors (Lipinski definition) is 2.